The fourth-order valence-electron chi connectivity index (χ4n) is 3.38. The zero-order valence-electron chi connectivity index (χ0n) is 16.3. The highest BCUT2D eigenvalue weighted by atomic mass is 16.2. The average Bonchev–Trinajstić information content (AvgIpc) is 3.38. The predicted octanol–water partition coefficient (Wildman–Crippen LogP) is 1.09. The second-order valence-corrected chi connectivity index (χ2v) is 7.15. The van der Waals surface area contributed by atoms with Crippen molar-refractivity contribution in [1.29, 1.82) is 0 Å². The minimum atomic E-state index is -0.213. The van der Waals surface area contributed by atoms with Crippen molar-refractivity contribution in [2.75, 3.05) is 37.4 Å². The number of hydrogen-bond donors (Lipinski definition) is 2. The zero-order valence-corrected chi connectivity index (χ0v) is 16.3. The Morgan fingerprint density at radius 2 is 2.03 bits per heavy atom. The van der Waals surface area contributed by atoms with Crippen LogP contribution in [0.3, 0.4) is 0 Å². The Balaban J connectivity index is 1.39. The van der Waals surface area contributed by atoms with Crippen molar-refractivity contribution in [3.8, 4) is 5.69 Å². The molecule has 1 saturated heterocycles. The summed E-state index contributed by atoms with van der Waals surface area (Å²) in [6.45, 7) is 1.15. The molecule has 1 fully saturated rings. The highest BCUT2D eigenvalue weighted by Crippen LogP contribution is 2.22. The summed E-state index contributed by atoms with van der Waals surface area (Å²) in [5, 5.41) is 13.5. The topological polar surface area (TPSA) is 117 Å². The Morgan fingerprint density at radius 3 is 2.69 bits per heavy atom. The lowest BCUT2D eigenvalue weighted by Crippen LogP contribution is -2.42. The number of rotatable bonds is 4. The lowest BCUT2D eigenvalue weighted by Gasteiger charge is -2.32. The smallest absolute Gasteiger partial charge is 0.343 e. The minimum Gasteiger partial charge on any atom is -0.346 e. The number of carbonyl (C=O) groups is 1. The van der Waals surface area contributed by atoms with Gasteiger partial charge in [0, 0.05) is 38.9 Å². The van der Waals surface area contributed by atoms with Gasteiger partial charge in [-0.2, -0.15) is 10.1 Å². The van der Waals surface area contributed by atoms with Gasteiger partial charge in [0.05, 0.1) is 5.69 Å². The molecule has 1 aliphatic heterocycles. The van der Waals surface area contributed by atoms with Crippen molar-refractivity contribution in [3.63, 3.8) is 0 Å². The normalized spacial score (nSPS) is 14.8. The molecular formula is C18H23N9O2. The van der Waals surface area contributed by atoms with Gasteiger partial charge in [-0.25, -0.2) is 19.4 Å². The highest BCUT2D eigenvalue weighted by Gasteiger charge is 2.25. The third-order valence-electron chi connectivity index (χ3n) is 4.96. The molecule has 0 saturated carbocycles. The molecule has 11 nitrogen and oxygen atoms in total. The van der Waals surface area contributed by atoms with Crippen LogP contribution in [0, 0.1) is 0 Å². The van der Waals surface area contributed by atoms with Crippen molar-refractivity contribution in [2.45, 2.75) is 18.9 Å². The standard InChI is InChI=1S/C18H23N9O2/c1-24(2)16-19-11-27(23-16)15-5-3-4-13(10-15)21-17(28)25-8-6-14(7-9-25)26-12-20-22-18(26)29/h3-5,10-12,14H,6-9H2,1-2H3,(H,21,28)(H,22,29). The Kier molecular flexibility index (Phi) is 5.02. The second-order valence-electron chi connectivity index (χ2n) is 7.15. The lowest BCUT2D eigenvalue weighted by molar-refractivity contribution is 0.183. The molecule has 0 unspecified atom stereocenters. The first-order chi connectivity index (χ1) is 14.0. The first-order valence-electron chi connectivity index (χ1n) is 9.38. The van der Waals surface area contributed by atoms with E-state index in [4.69, 9.17) is 0 Å². The molecule has 0 radical (unpaired) electrons. The van der Waals surface area contributed by atoms with Crippen molar-refractivity contribution < 1.29 is 4.79 Å². The molecule has 3 aromatic rings. The van der Waals surface area contributed by atoms with Crippen LogP contribution in [0.5, 0.6) is 0 Å². The molecule has 11 heteroatoms. The summed E-state index contributed by atoms with van der Waals surface area (Å²) in [5.74, 6) is 0.610. The summed E-state index contributed by atoms with van der Waals surface area (Å²) in [6.07, 6.45) is 4.57. The van der Waals surface area contributed by atoms with E-state index in [0.29, 0.717) is 37.6 Å². The van der Waals surface area contributed by atoms with E-state index < -0.39 is 0 Å². The third-order valence-corrected chi connectivity index (χ3v) is 4.96. The number of H-pyrrole nitrogens is 1. The maximum absolute atomic E-state index is 12.7. The summed E-state index contributed by atoms with van der Waals surface area (Å²) in [7, 11) is 3.75. The van der Waals surface area contributed by atoms with E-state index in [9.17, 15) is 9.59 Å². The zero-order chi connectivity index (χ0) is 20.4. The average molecular weight is 397 g/mol. The second kappa shape index (κ2) is 7.78. The number of aromatic nitrogens is 6. The van der Waals surface area contributed by atoms with E-state index in [1.807, 2.05) is 43.3 Å². The molecule has 2 amide bonds. The van der Waals surface area contributed by atoms with Gasteiger partial charge in [0.15, 0.2) is 0 Å². The Bertz CT molecular complexity index is 1040. The van der Waals surface area contributed by atoms with Crippen LogP contribution >= 0.6 is 0 Å². The number of benzene rings is 1. The molecule has 29 heavy (non-hydrogen) atoms. The highest BCUT2D eigenvalue weighted by molar-refractivity contribution is 5.89. The number of carbonyl (C=O) groups excluding carboxylic acids is 1. The molecule has 2 N–H and O–H groups in total. The number of hydrogen-bond acceptors (Lipinski definition) is 6. The van der Waals surface area contributed by atoms with Gasteiger partial charge < -0.3 is 15.1 Å². The summed E-state index contributed by atoms with van der Waals surface area (Å²) in [6, 6.07) is 7.35. The van der Waals surface area contributed by atoms with Gasteiger partial charge >= 0.3 is 11.7 Å². The van der Waals surface area contributed by atoms with Gasteiger partial charge in [0.25, 0.3) is 0 Å². The van der Waals surface area contributed by atoms with Crippen LogP contribution in [0.1, 0.15) is 18.9 Å². The van der Waals surface area contributed by atoms with Crippen molar-refractivity contribution in [2.24, 2.45) is 0 Å². The largest absolute Gasteiger partial charge is 0.346 e. The van der Waals surface area contributed by atoms with E-state index in [1.165, 1.54) is 6.33 Å². The first kappa shape index (κ1) is 18.7. The maximum atomic E-state index is 12.7. The summed E-state index contributed by atoms with van der Waals surface area (Å²) < 4.78 is 3.26. The van der Waals surface area contributed by atoms with Crippen LogP contribution in [0.4, 0.5) is 16.4 Å². The van der Waals surface area contributed by atoms with Gasteiger partial charge in [0.1, 0.15) is 12.7 Å². The molecular weight excluding hydrogens is 374 g/mol. The lowest BCUT2D eigenvalue weighted by atomic mass is 10.1. The molecule has 0 spiro atoms. The van der Waals surface area contributed by atoms with Crippen molar-refractivity contribution >= 4 is 17.7 Å². The molecule has 0 bridgehead atoms. The van der Waals surface area contributed by atoms with Crippen LogP contribution < -0.4 is 15.9 Å². The predicted molar refractivity (Wildman–Crippen MR) is 107 cm³/mol. The molecule has 1 aromatic carbocycles. The van der Waals surface area contributed by atoms with Crippen LogP contribution in [-0.4, -0.2) is 67.6 Å². The van der Waals surface area contributed by atoms with E-state index in [1.54, 1.807) is 20.5 Å². The summed E-state index contributed by atoms with van der Waals surface area (Å²) in [4.78, 5) is 32.2. The van der Waals surface area contributed by atoms with Gasteiger partial charge in [-0.05, 0) is 31.0 Å². The van der Waals surface area contributed by atoms with Crippen LogP contribution in [0.2, 0.25) is 0 Å². The van der Waals surface area contributed by atoms with Gasteiger partial charge in [-0.3, -0.25) is 4.57 Å². The molecule has 0 atom stereocenters. The summed E-state index contributed by atoms with van der Waals surface area (Å²) >= 11 is 0. The number of anilines is 2. The Labute approximate surface area is 167 Å². The van der Waals surface area contributed by atoms with E-state index in [0.717, 1.165) is 5.69 Å². The number of likely N-dealkylation sites (tertiary alicyclic amines) is 1. The number of nitrogens with one attached hydrogen (secondary N) is 2. The monoisotopic (exact) mass is 397 g/mol. The van der Waals surface area contributed by atoms with Crippen molar-refractivity contribution in [1.82, 2.24) is 34.4 Å². The number of amides is 2. The maximum Gasteiger partial charge on any atom is 0.343 e. The van der Waals surface area contributed by atoms with E-state index in [-0.39, 0.29) is 17.8 Å². The van der Waals surface area contributed by atoms with Gasteiger partial charge in [0.2, 0.25) is 5.95 Å². The van der Waals surface area contributed by atoms with Crippen LogP contribution in [0.15, 0.2) is 41.7 Å². The van der Waals surface area contributed by atoms with Crippen molar-refractivity contribution in [3.05, 3.63) is 47.4 Å². The third kappa shape index (κ3) is 3.98. The van der Waals surface area contributed by atoms with Gasteiger partial charge in [-0.1, -0.05) is 6.07 Å². The molecule has 2 aromatic heterocycles. The van der Waals surface area contributed by atoms with Crippen LogP contribution in [0.25, 0.3) is 5.69 Å². The van der Waals surface area contributed by atoms with E-state index in [2.05, 4.69) is 25.6 Å². The molecule has 0 aliphatic carbocycles. The number of nitrogens with zero attached hydrogens (tertiary/aromatic N) is 7. The Hall–Kier alpha value is -3.63. The number of piperidine rings is 1. The molecule has 1 aliphatic rings. The van der Waals surface area contributed by atoms with Crippen LogP contribution in [-0.2, 0) is 0 Å². The Morgan fingerprint density at radius 1 is 1.24 bits per heavy atom. The quantitative estimate of drug-likeness (QED) is 0.681. The number of urea groups is 1. The fourth-order valence-corrected chi connectivity index (χ4v) is 3.38. The van der Waals surface area contributed by atoms with Gasteiger partial charge in [-0.15, -0.1) is 5.10 Å². The number of aromatic amines is 1. The van der Waals surface area contributed by atoms with E-state index >= 15 is 0 Å². The SMILES string of the molecule is CN(C)c1ncn(-c2cccc(NC(=O)N3CCC(n4cn[nH]c4=O)CC3)c2)n1. The molecule has 4 rings (SSSR count). The molecule has 3 heterocycles. The first-order valence-corrected chi connectivity index (χ1v) is 9.38. The molecule has 152 valence electrons. The fraction of sp³-hybridized carbons (Fsp3) is 0.389. The summed E-state index contributed by atoms with van der Waals surface area (Å²) in [5.41, 5.74) is 1.28. The minimum absolute atomic E-state index is 0.0619.